The van der Waals surface area contributed by atoms with Crippen LogP contribution in [0.1, 0.15) is 12.5 Å². The topological polar surface area (TPSA) is 61.9 Å². The Morgan fingerprint density at radius 2 is 2.10 bits per heavy atom. The Balaban J connectivity index is 1.86. The summed E-state index contributed by atoms with van der Waals surface area (Å²) >= 11 is 0. The number of aromatic nitrogens is 3. The summed E-state index contributed by atoms with van der Waals surface area (Å²) in [6, 6.07) is 7.89. The molecular formula is C16H14N4O. The van der Waals surface area contributed by atoms with E-state index in [9.17, 15) is 4.79 Å². The molecule has 0 atom stereocenters. The standard InChI is InChI=1S/C16H14N4O/c1-2-20-14-9-13-12(7-11(14)8-15(20)21)18-16(19-13)10-3-5-17-6-4-10/h3-7,9H,2,8H2,1H3,(H,18,19). The van der Waals surface area contributed by atoms with Gasteiger partial charge in [0.25, 0.3) is 0 Å². The van der Waals surface area contributed by atoms with Crippen molar-refractivity contribution in [2.45, 2.75) is 13.3 Å². The van der Waals surface area contributed by atoms with Crippen molar-refractivity contribution in [1.82, 2.24) is 15.0 Å². The third kappa shape index (κ3) is 1.81. The molecule has 0 saturated heterocycles. The monoisotopic (exact) mass is 278 g/mol. The van der Waals surface area contributed by atoms with Crippen molar-refractivity contribution in [2.75, 3.05) is 11.4 Å². The van der Waals surface area contributed by atoms with Crippen molar-refractivity contribution in [3.05, 3.63) is 42.2 Å². The fraction of sp³-hybridized carbons (Fsp3) is 0.188. The summed E-state index contributed by atoms with van der Waals surface area (Å²) in [5.74, 6) is 0.986. The number of nitrogens with zero attached hydrogens (tertiary/aromatic N) is 3. The third-order valence-corrected chi connectivity index (χ3v) is 3.89. The molecule has 1 aliphatic heterocycles. The molecule has 2 aromatic heterocycles. The highest BCUT2D eigenvalue weighted by atomic mass is 16.2. The highest BCUT2D eigenvalue weighted by molar-refractivity contribution is 6.04. The number of likely N-dealkylation sites (N-methyl/N-ethyl adjacent to an activating group) is 1. The molecule has 1 N–H and O–H groups in total. The normalized spacial score (nSPS) is 14.0. The van der Waals surface area contributed by atoms with E-state index in [4.69, 9.17) is 0 Å². The highest BCUT2D eigenvalue weighted by Gasteiger charge is 2.26. The van der Waals surface area contributed by atoms with Gasteiger partial charge in [-0.2, -0.15) is 0 Å². The van der Waals surface area contributed by atoms with E-state index in [2.05, 4.69) is 15.0 Å². The van der Waals surface area contributed by atoms with Crippen LogP contribution in [0.15, 0.2) is 36.7 Å². The number of carbonyl (C=O) groups is 1. The minimum Gasteiger partial charge on any atom is -0.338 e. The molecule has 4 rings (SSSR count). The smallest absolute Gasteiger partial charge is 0.231 e. The SMILES string of the molecule is CCN1C(=O)Cc2cc3[nH]c(-c4ccncc4)nc3cc21. The number of aromatic amines is 1. The molecular weight excluding hydrogens is 264 g/mol. The lowest BCUT2D eigenvalue weighted by molar-refractivity contribution is -0.117. The van der Waals surface area contributed by atoms with Gasteiger partial charge in [0.15, 0.2) is 0 Å². The number of anilines is 1. The first-order valence-corrected chi connectivity index (χ1v) is 6.99. The fourth-order valence-corrected chi connectivity index (χ4v) is 2.87. The van der Waals surface area contributed by atoms with E-state index >= 15 is 0 Å². The molecule has 0 unspecified atom stereocenters. The number of fused-ring (bicyclic) bond motifs is 2. The zero-order valence-electron chi connectivity index (χ0n) is 11.6. The zero-order chi connectivity index (χ0) is 14.4. The molecule has 104 valence electrons. The number of nitrogens with one attached hydrogen (secondary N) is 1. The van der Waals surface area contributed by atoms with E-state index < -0.39 is 0 Å². The average molecular weight is 278 g/mol. The minimum absolute atomic E-state index is 0.162. The predicted molar refractivity (Wildman–Crippen MR) is 81.1 cm³/mol. The van der Waals surface area contributed by atoms with Gasteiger partial charge < -0.3 is 9.88 Å². The van der Waals surface area contributed by atoms with Crippen molar-refractivity contribution >= 4 is 22.6 Å². The number of amides is 1. The van der Waals surface area contributed by atoms with Gasteiger partial charge in [0.1, 0.15) is 5.82 Å². The van der Waals surface area contributed by atoms with Gasteiger partial charge in [-0.3, -0.25) is 9.78 Å². The molecule has 0 spiro atoms. The van der Waals surface area contributed by atoms with Crippen molar-refractivity contribution in [3.8, 4) is 11.4 Å². The third-order valence-electron chi connectivity index (χ3n) is 3.89. The quantitative estimate of drug-likeness (QED) is 0.783. The summed E-state index contributed by atoms with van der Waals surface area (Å²) in [6.07, 6.45) is 3.97. The molecule has 0 aliphatic carbocycles. The van der Waals surface area contributed by atoms with Crippen LogP contribution in [0.3, 0.4) is 0 Å². The summed E-state index contributed by atoms with van der Waals surface area (Å²) in [7, 11) is 0. The minimum atomic E-state index is 0.162. The Hall–Kier alpha value is -2.69. The van der Waals surface area contributed by atoms with Crippen molar-refractivity contribution in [2.24, 2.45) is 0 Å². The lowest BCUT2D eigenvalue weighted by Gasteiger charge is -2.14. The number of hydrogen-bond acceptors (Lipinski definition) is 3. The molecule has 5 heteroatoms. The Morgan fingerprint density at radius 3 is 2.86 bits per heavy atom. The van der Waals surface area contributed by atoms with Crippen LogP contribution in [-0.4, -0.2) is 27.4 Å². The lowest BCUT2D eigenvalue weighted by atomic mass is 10.1. The van der Waals surface area contributed by atoms with Gasteiger partial charge in [-0.15, -0.1) is 0 Å². The van der Waals surface area contributed by atoms with E-state index in [1.54, 1.807) is 12.4 Å². The second-order valence-electron chi connectivity index (χ2n) is 5.13. The predicted octanol–water partition coefficient (Wildman–Crippen LogP) is 2.53. The molecule has 0 radical (unpaired) electrons. The molecule has 0 saturated carbocycles. The Kier molecular flexibility index (Phi) is 2.54. The molecule has 5 nitrogen and oxygen atoms in total. The summed E-state index contributed by atoms with van der Waals surface area (Å²) in [6.45, 7) is 2.68. The van der Waals surface area contributed by atoms with Crippen LogP contribution in [-0.2, 0) is 11.2 Å². The molecule has 1 aromatic carbocycles. The molecule has 3 aromatic rings. The first-order chi connectivity index (χ1) is 10.3. The largest absolute Gasteiger partial charge is 0.338 e. The second-order valence-corrected chi connectivity index (χ2v) is 5.13. The Bertz CT molecular complexity index is 838. The van der Waals surface area contributed by atoms with Crippen LogP contribution < -0.4 is 4.90 Å². The molecule has 3 heterocycles. The first-order valence-electron chi connectivity index (χ1n) is 6.99. The second kappa shape index (κ2) is 4.41. The van der Waals surface area contributed by atoms with Gasteiger partial charge in [0.2, 0.25) is 5.91 Å². The summed E-state index contributed by atoms with van der Waals surface area (Å²) in [5, 5.41) is 0. The summed E-state index contributed by atoms with van der Waals surface area (Å²) in [5.41, 5.74) is 4.91. The number of imidazole rings is 1. The van der Waals surface area contributed by atoms with E-state index in [0.29, 0.717) is 13.0 Å². The van der Waals surface area contributed by atoms with Crippen LogP contribution in [0.5, 0.6) is 0 Å². The van der Waals surface area contributed by atoms with Gasteiger partial charge in [0.05, 0.1) is 17.5 Å². The van der Waals surface area contributed by atoms with E-state index in [1.165, 1.54) is 0 Å². The van der Waals surface area contributed by atoms with Crippen LogP contribution in [0.25, 0.3) is 22.4 Å². The lowest BCUT2D eigenvalue weighted by Crippen LogP contribution is -2.25. The van der Waals surface area contributed by atoms with Crippen LogP contribution in [0.2, 0.25) is 0 Å². The summed E-state index contributed by atoms with van der Waals surface area (Å²) in [4.78, 5) is 25.7. The Labute approximate surface area is 121 Å². The highest BCUT2D eigenvalue weighted by Crippen LogP contribution is 2.33. The molecule has 1 amide bonds. The van der Waals surface area contributed by atoms with Crippen LogP contribution in [0.4, 0.5) is 5.69 Å². The zero-order valence-corrected chi connectivity index (χ0v) is 11.6. The number of pyridine rings is 1. The van der Waals surface area contributed by atoms with Crippen LogP contribution in [0, 0.1) is 0 Å². The Morgan fingerprint density at radius 1 is 1.29 bits per heavy atom. The van der Waals surface area contributed by atoms with Gasteiger partial charge in [0, 0.05) is 30.2 Å². The molecule has 21 heavy (non-hydrogen) atoms. The van der Waals surface area contributed by atoms with E-state index in [1.807, 2.05) is 36.1 Å². The fourth-order valence-electron chi connectivity index (χ4n) is 2.87. The number of carbonyl (C=O) groups excluding carboxylic acids is 1. The van der Waals surface area contributed by atoms with E-state index in [-0.39, 0.29) is 5.91 Å². The number of H-pyrrole nitrogens is 1. The number of hydrogen-bond donors (Lipinski definition) is 1. The number of rotatable bonds is 2. The molecule has 0 bridgehead atoms. The van der Waals surface area contributed by atoms with Gasteiger partial charge in [-0.25, -0.2) is 4.98 Å². The van der Waals surface area contributed by atoms with Crippen molar-refractivity contribution in [1.29, 1.82) is 0 Å². The van der Waals surface area contributed by atoms with Gasteiger partial charge in [-0.1, -0.05) is 0 Å². The van der Waals surface area contributed by atoms with Gasteiger partial charge >= 0.3 is 0 Å². The summed E-state index contributed by atoms with van der Waals surface area (Å²) < 4.78 is 0. The maximum atomic E-state index is 11.9. The van der Waals surface area contributed by atoms with Gasteiger partial charge in [-0.05, 0) is 36.8 Å². The maximum Gasteiger partial charge on any atom is 0.231 e. The van der Waals surface area contributed by atoms with Crippen LogP contribution >= 0.6 is 0 Å². The first kappa shape index (κ1) is 12.1. The van der Waals surface area contributed by atoms with E-state index in [0.717, 1.165) is 33.7 Å². The molecule has 0 fully saturated rings. The van der Waals surface area contributed by atoms with Crippen molar-refractivity contribution in [3.63, 3.8) is 0 Å². The molecule has 1 aliphatic rings. The van der Waals surface area contributed by atoms with Crippen molar-refractivity contribution < 1.29 is 4.79 Å². The number of benzene rings is 1. The maximum absolute atomic E-state index is 11.9. The average Bonchev–Trinajstić information content (AvgIpc) is 3.04.